The lowest BCUT2D eigenvalue weighted by Gasteiger charge is -2.38. The number of aryl methyl sites for hydroxylation is 1. The highest BCUT2D eigenvalue weighted by Gasteiger charge is 2.34. The fraction of sp³-hybridized carbons (Fsp3) is 0.381. The van der Waals surface area contributed by atoms with Crippen LogP contribution < -0.4 is 14.8 Å². The van der Waals surface area contributed by atoms with Crippen LogP contribution in [-0.2, 0) is 0 Å². The Hall–Kier alpha value is -2.20. The fourth-order valence-electron chi connectivity index (χ4n) is 3.24. The summed E-state index contributed by atoms with van der Waals surface area (Å²) in [6.07, 6.45) is 0.694. The Morgan fingerprint density at radius 3 is 2.77 bits per heavy atom. The number of nitrogens with one attached hydrogen (secondary N) is 1. The van der Waals surface area contributed by atoms with Crippen LogP contribution in [0.3, 0.4) is 0 Å². The molecule has 1 atom stereocenters. The smallest absolute Gasteiger partial charge is 0.251 e. The van der Waals surface area contributed by atoms with E-state index in [0.717, 1.165) is 16.9 Å². The van der Waals surface area contributed by atoms with Gasteiger partial charge in [0.2, 0.25) is 0 Å². The minimum absolute atomic E-state index is 0.118. The van der Waals surface area contributed by atoms with Gasteiger partial charge >= 0.3 is 0 Å². The molecule has 1 heterocycles. The molecule has 3 rings (SSSR count). The van der Waals surface area contributed by atoms with Crippen LogP contribution >= 0.6 is 11.6 Å². The summed E-state index contributed by atoms with van der Waals surface area (Å²) in [6, 6.07) is 11.1. The first-order chi connectivity index (χ1) is 12.3. The molecule has 5 heteroatoms. The van der Waals surface area contributed by atoms with Crippen molar-refractivity contribution in [3.63, 3.8) is 0 Å². The number of carbonyl (C=O) groups excluding carboxylic acids is 1. The van der Waals surface area contributed by atoms with Crippen molar-refractivity contribution in [2.75, 3.05) is 6.61 Å². The zero-order valence-electron chi connectivity index (χ0n) is 15.6. The van der Waals surface area contributed by atoms with E-state index in [1.54, 1.807) is 18.2 Å². The van der Waals surface area contributed by atoms with Gasteiger partial charge in [0.25, 0.3) is 5.91 Å². The molecule has 0 radical (unpaired) electrons. The summed E-state index contributed by atoms with van der Waals surface area (Å²) < 4.78 is 11.5. The molecule has 26 heavy (non-hydrogen) atoms. The summed E-state index contributed by atoms with van der Waals surface area (Å²) in [5.41, 5.74) is 2.29. The Morgan fingerprint density at radius 1 is 1.31 bits per heavy atom. The molecule has 0 bridgehead atoms. The van der Waals surface area contributed by atoms with Crippen LogP contribution in [-0.4, -0.2) is 18.1 Å². The maximum atomic E-state index is 12.8. The van der Waals surface area contributed by atoms with Gasteiger partial charge in [-0.3, -0.25) is 4.79 Å². The molecule has 2 aromatic rings. The van der Waals surface area contributed by atoms with E-state index in [0.29, 0.717) is 29.4 Å². The number of hydrogen-bond acceptors (Lipinski definition) is 3. The lowest BCUT2D eigenvalue weighted by molar-refractivity contribution is 0.0619. The second-order valence-corrected chi connectivity index (χ2v) is 7.62. The van der Waals surface area contributed by atoms with Gasteiger partial charge in [0.15, 0.2) is 0 Å². The van der Waals surface area contributed by atoms with Gasteiger partial charge in [0, 0.05) is 17.5 Å². The molecule has 0 aromatic heterocycles. The van der Waals surface area contributed by atoms with Crippen molar-refractivity contribution in [2.45, 2.75) is 45.8 Å². The molecule has 0 fully saturated rings. The second-order valence-electron chi connectivity index (χ2n) is 7.21. The van der Waals surface area contributed by atoms with E-state index >= 15 is 0 Å². The summed E-state index contributed by atoms with van der Waals surface area (Å²) in [5.74, 6) is 1.25. The van der Waals surface area contributed by atoms with Crippen LogP contribution in [0.1, 0.15) is 54.7 Å². The SMILES string of the molecule is CCOc1ccc(C(=O)N[C@@H]2CC(C)(C)Oc3cc(C)ccc32)cc1Cl. The van der Waals surface area contributed by atoms with E-state index in [2.05, 4.69) is 5.32 Å². The largest absolute Gasteiger partial charge is 0.492 e. The lowest BCUT2D eigenvalue weighted by atomic mass is 9.89. The number of halogens is 1. The zero-order valence-corrected chi connectivity index (χ0v) is 16.3. The molecule has 1 aliphatic rings. The lowest BCUT2D eigenvalue weighted by Crippen LogP contribution is -2.41. The van der Waals surface area contributed by atoms with Crippen LogP contribution in [0.5, 0.6) is 11.5 Å². The van der Waals surface area contributed by atoms with Gasteiger partial charge in [0.1, 0.15) is 17.1 Å². The molecule has 0 saturated heterocycles. The first-order valence-electron chi connectivity index (χ1n) is 8.82. The van der Waals surface area contributed by atoms with Crippen molar-refractivity contribution in [2.24, 2.45) is 0 Å². The number of hydrogen-bond donors (Lipinski definition) is 1. The molecular weight excluding hydrogens is 350 g/mol. The van der Waals surface area contributed by atoms with Crippen LogP contribution in [0.15, 0.2) is 36.4 Å². The third-order valence-electron chi connectivity index (χ3n) is 4.43. The van der Waals surface area contributed by atoms with Crippen molar-refractivity contribution in [1.82, 2.24) is 5.32 Å². The summed E-state index contributed by atoms with van der Waals surface area (Å²) in [4.78, 5) is 12.8. The molecule has 2 aromatic carbocycles. The van der Waals surface area contributed by atoms with E-state index in [1.165, 1.54) is 0 Å². The number of rotatable bonds is 4. The number of benzene rings is 2. The number of ether oxygens (including phenoxy) is 2. The van der Waals surface area contributed by atoms with Gasteiger partial charge in [-0.15, -0.1) is 0 Å². The standard InChI is InChI=1S/C21H24ClNO3/c1-5-25-18-9-7-14(11-16(18)22)20(24)23-17-12-21(3,4)26-19-10-13(2)6-8-15(17)19/h6-11,17H,5,12H2,1-4H3,(H,23,24)/t17-/m1/s1. The van der Waals surface area contributed by atoms with E-state index in [1.807, 2.05) is 45.9 Å². The van der Waals surface area contributed by atoms with Gasteiger partial charge in [-0.1, -0.05) is 23.7 Å². The van der Waals surface area contributed by atoms with Crippen LogP contribution in [0, 0.1) is 6.92 Å². The average molecular weight is 374 g/mol. The molecular formula is C21H24ClNO3. The molecule has 0 spiro atoms. The van der Waals surface area contributed by atoms with Crippen molar-refractivity contribution < 1.29 is 14.3 Å². The van der Waals surface area contributed by atoms with Gasteiger partial charge in [-0.05, 0) is 57.5 Å². The van der Waals surface area contributed by atoms with Gasteiger partial charge in [0.05, 0.1) is 17.7 Å². The Labute approximate surface area is 159 Å². The highest BCUT2D eigenvalue weighted by molar-refractivity contribution is 6.32. The molecule has 1 amide bonds. The predicted octanol–water partition coefficient (Wildman–Crippen LogP) is 5.08. The van der Waals surface area contributed by atoms with Gasteiger partial charge in [-0.25, -0.2) is 0 Å². The Morgan fingerprint density at radius 2 is 2.08 bits per heavy atom. The topological polar surface area (TPSA) is 47.6 Å². The molecule has 0 aliphatic carbocycles. The average Bonchev–Trinajstić information content (AvgIpc) is 2.55. The van der Waals surface area contributed by atoms with Crippen LogP contribution in [0.25, 0.3) is 0 Å². The Bertz CT molecular complexity index is 832. The Kier molecular flexibility index (Phi) is 5.15. The van der Waals surface area contributed by atoms with E-state index in [9.17, 15) is 4.79 Å². The number of amides is 1. The third kappa shape index (κ3) is 3.96. The van der Waals surface area contributed by atoms with E-state index in [-0.39, 0.29) is 17.6 Å². The number of carbonyl (C=O) groups is 1. The first kappa shape index (κ1) is 18.6. The maximum absolute atomic E-state index is 12.8. The minimum Gasteiger partial charge on any atom is -0.492 e. The summed E-state index contributed by atoms with van der Waals surface area (Å²) in [6.45, 7) is 8.51. The summed E-state index contributed by atoms with van der Waals surface area (Å²) >= 11 is 6.21. The second kappa shape index (κ2) is 7.20. The zero-order chi connectivity index (χ0) is 18.9. The van der Waals surface area contributed by atoms with Gasteiger partial charge < -0.3 is 14.8 Å². The first-order valence-corrected chi connectivity index (χ1v) is 9.19. The van der Waals surface area contributed by atoms with E-state index < -0.39 is 0 Å². The molecule has 0 unspecified atom stereocenters. The minimum atomic E-state index is -0.352. The number of fused-ring (bicyclic) bond motifs is 1. The highest BCUT2D eigenvalue weighted by atomic mass is 35.5. The molecule has 4 nitrogen and oxygen atoms in total. The normalized spacial score (nSPS) is 17.8. The molecule has 138 valence electrons. The molecule has 1 N–H and O–H groups in total. The van der Waals surface area contributed by atoms with E-state index in [4.69, 9.17) is 21.1 Å². The molecule has 1 aliphatic heterocycles. The van der Waals surface area contributed by atoms with Crippen LogP contribution in [0.4, 0.5) is 0 Å². The highest BCUT2D eigenvalue weighted by Crippen LogP contribution is 2.40. The van der Waals surface area contributed by atoms with Crippen LogP contribution in [0.2, 0.25) is 5.02 Å². The van der Waals surface area contributed by atoms with Gasteiger partial charge in [-0.2, -0.15) is 0 Å². The van der Waals surface area contributed by atoms with Crippen molar-refractivity contribution in [3.05, 3.63) is 58.1 Å². The monoisotopic (exact) mass is 373 g/mol. The Balaban J connectivity index is 1.84. The quantitative estimate of drug-likeness (QED) is 0.812. The molecule has 0 saturated carbocycles. The van der Waals surface area contributed by atoms with Crippen molar-refractivity contribution >= 4 is 17.5 Å². The third-order valence-corrected chi connectivity index (χ3v) is 4.72. The predicted molar refractivity (Wildman–Crippen MR) is 103 cm³/mol. The van der Waals surface area contributed by atoms with Crippen molar-refractivity contribution in [3.8, 4) is 11.5 Å². The fourth-order valence-corrected chi connectivity index (χ4v) is 3.48. The summed E-state index contributed by atoms with van der Waals surface area (Å²) in [5, 5.41) is 3.56. The van der Waals surface area contributed by atoms with Crippen molar-refractivity contribution in [1.29, 1.82) is 0 Å². The maximum Gasteiger partial charge on any atom is 0.251 e. The summed E-state index contributed by atoms with van der Waals surface area (Å²) in [7, 11) is 0.